The van der Waals surface area contributed by atoms with Crippen LogP contribution in [0.15, 0.2) is 0 Å². The fraction of sp³-hybridized carbons (Fsp3) is 0.846. The van der Waals surface area contributed by atoms with Crippen LogP contribution in [0.2, 0.25) is 0 Å². The highest BCUT2D eigenvalue weighted by atomic mass is 16.5. The number of carbonyl (C=O) groups excluding carboxylic acids is 2. The van der Waals surface area contributed by atoms with Gasteiger partial charge < -0.3 is 19.7 Å². The number of nitrogens with zero attached hydrogens (tertiary/aromatic N) is 1. The van der Waals surface area contributed by atoms with Gasteiger partial charge in [0.05, 0.1) is 13.2 Å². The molecule has 0 aliphatic heterocycles. The lowest BCUT2D eigenvalue weighted by Crippen LogP contribution is -2.48. The Hall–Kier alpha value is -1.30. The van der Waals surface area contributed by atoms with Crippen molar-refractivity contribution in [3.05, 3.63) is 0 Å². The zero-order chi connectivity index (χ0) is 14.3. The van der Waals surface area contributed by atoms with Crippen LogP contribution < -0.4 is 5.32 Å². The van der Waals surface area contributed by atoms with Gasteiger partial charge in [-0.05, 0) is 32.6 Å². The number of urea groups is 1. The number of rotatable bonds is 8. The number of amides is 2. The second-order valence-corrected chi connectivity index (χ2v) is 4.73. The minimum atomic E-state index is -0.415. The lowest BCUT2D eigenvalue weighted by atomic mass is 10.2. The van der Waals surface area contributed by atoms with Crippen molar-refractivity contribution in [1.82, 2.24) is 10.2 Å². The molecule has 0 aromatic carbocycles. The third-order valence-electron chi connectivity index (χ3n) is 3.28. The average molecular weight is 272 g/mol. The largest absolute Gasteiger partial charge is 0.465 e. The van der Waals surface area contributed by atoms with Crippen molar-refractivity contribution in [2.45, 2.75) is 32.7 Å². The van der Waals surface area contributed by atoms with E-state index >= 15 is 0 Å². The van der Waals surface area contributed by atoms with Crippen LogP contribution >= 0.6 is 0 Å². The van der Waals surface area contributed by atoms with Gasteiger partial charge >= 0.3 is 12.0 Å². The summed E-state index contributed by atoms with van der Waals surface area (Å²) in [6, 6.07) is -0.0538. The van der Waals surface area contributed by atoms with E-state index in [-0.39, 0.29) is 18.6 Å². The second kappa shape index (κ2) is 7.99. The molecule has 0 bridgehead atoms. The predicted octanol–water partition coefficient (Wildman–Crippen LogP) is 1.01. The molecule has 1 rings (SSSR count). The molecule has 19 heavy (non-hydrogen) atoms. The van der Waals surface area contributed by atoms with Crippen LogP contribution in [-0.4, -0.2) is 56.4 Å². The average Bonchev–Trinajstić information content (AvgIpc) is 3.21. The molecule has 2 amide bonds. The third kappa shape index (κ3) is 5.46. The lowest BCUT2D eigenvalue weighted by Gasteiger charge is -2.29. The standard InChI is InChI=1S/C13H24N2O4/c1-4-19-12(16)9-14-13(17)15(7-8-18-3)10(2)11-5-6-11/h10-11H,4-9H2,1-3H3,(H,14,17). The minimum absolute atomic E-state index is 0.0897. The van der Waals surface area contributed by atoms with E-state index in [0.717, 1.165) is 12.8 Å². The summed E-state index contributed by atoms with van der Waals surface area (Å²) in [6.07, 6.45) is 2.33. The van der Waals surface area contributed by atoms with Crippen molar-refractivity contribution >= 4 is 12.0 Å². The summed E-state index contributed by atoms with van der Waals surface area (Å²) in [6.45, 7) is 5.03. The summed E-state index contributed by atoms with van der Waals surface area (Å²) in [5, 5.41) is 2.60. The van der Waals surface area contributed by atoms with Gasteiger partial charge in [-0.1, -0.05) is 0 Å². The maximum absolute atomic E-state index is 12.1. The Morgan fingerprint density at radius 3 is 2.63 bits per heavy atom. The molecule has 6 nitrogen and oxygen atoms in total. The predicted molar refractivity (Wildman–Crippen MR) is 70.8 cm³/mol. The van der Waals surface area contributed by atoms with E-state index < -0.39 is 5.97 Å². The first-order valence-electron chi connectivity index (χ1n) is 6.79. The summed E-state index contributed by atoms with van der Waals surface area (Å²) in [7, 11) is 1.61. The molecule has 110 valence electrons. The highest BCUT2D eigenvalue weighted by Gasteiger charge is 2.34. The molecule has 0 heterocycles. The fourth-order valence-electron chi connectivity index (χ4n) is 1.97. The molecule has 1 N–H and O–H groups in total. The quantitative estimate of drug-likeness (QED) is 0.670. The van der Waals surface area contributed by atoms with Crippen LogP contribution in [0.5, 0.6) is 0 Å². The zero-order valence-corrected chi connectivity index (χ0v) is 12.0. The van der Waals surface area contributed by atoms with Crippen LogP contribution in [0, 0.1) is 5.92 Å². The third-order valence-corrected chi connectivity index (χ3v) is 3.28. The van der Waals surface area contributed by atoms with Gasteiger partial charge in [0.25, 0.3) is 0 Å². The molecule has 1 atom stereocenters. The van der Waals surface area contributed by atoms with Crippen LogP contribution in [-0.2, 0) is 14.3 Å². The molecule has 0 radical (unpaired) electrons. The van der Waals surface area contributed by atoms with Crippen LogP contribution in [0.3, 0.4) is 0 Å². The maximum atomic E-state index is 12.1. The minimum Gasteiger partial charge on any atom is -0.465 e. The van der Waals surface area contributed by atoms with Gasteiger partial charge in [0.1, 0.15) is 6.54 Å². The second-order valence-electron chi connectivity index (χ2n) is 4.73. The number of hydrogen-bond acceptors (Lipinski definition) is 4. The number of hydrogen-bond donors (Lipinski definition) is 1. The summed E-state index contributed by atoms with van der Waals surface area (Å²) >= 11 is 0. The van der Waals surface area contributed by atoms with Gasteiger partial charge in [-0.3, -0.25) is 4.79 Å². The molecule has 0 aromatic rings. The Labute approximate surface area is 114 Å². The Bertz CT molecular complexity index is 305. The van der Waals surface area contributed by atoms with Crippen molar-refractivity contribution in [3.63, 3.8) is 0 Å². The fourth-order valence-corrected chi connectivity index (χ4v) is 1.97. The van der Waals surface area contributed by atoms with Crippen molar-refractivity contribution in [2.24, 2.45) is 5.92 Å². The van der Waals surface area contributed by atoms with Gasteiger partial charge in [0, 0.05) is 19.7 Å². The maximum Gasteiger partial charge on any atom is 0.325 e. The zero-order valence-electron chi connectivity index (χ0n) is 12.0. The molecule has 6 heteroatoms. The normalized spacial score (nSPS) is 15.7. The molecule has 0 aromatic heterocycles. The summed E-state index contributed by atoms with van der Waals surface area (Å²) in [5.74, 6) is 0.159. The topological polar surface area (TPSA) is 67.9 Å². The van der Waals surface area contributed by atoms with Crippen LogP contribution in [0.1, 0.15) is 26.7 Å². The summed E-state index contributed by atoms with van der Waals surface area (Å²) in [5.41, 5.74) is 0. The van der Waals surface area contributed by atoms with Crippen molar-refractivity contribution < 1.29 is 19.1 Å². The highest BCUT2D eigenvalue weighted by molar-refractivity contribution is 5.81. The summed E-state index contributed by atoms with van der Waals surface area (Å²) in [4.78, 5) is 25.0. The van der Waals surface area contributed by atoms with Gasteiger partial charge in [-0.2, -0.15) is 0 Å². The van der Waals surface area contributed by atoms with E-state index in [4.69, 9.17) is 9.47 Å². The smallest absolute Gasteiger partial charge is 0.325 e. The Morgan fingerprint density at radius 2 is 2.11 bits per heavy atom. The summed E-state index contributed by atoms with van der Waals surface area (Å²) < 4.78 is 9.80. The van der Waals surface area contributed by atoms with Crippen molar-refractivity contribution in [1.29, 1.82) is 0 Å². The van der Waals surface area contributed by atoms with E-state index in [9.17, 15) is 9.59 Å². The Balaban J connectivity index is 2.43. The van der Waals surface area contributed by atoms with Gasteiger partial charge in [-0.25, -0.2) is 4.79 Å². The number of carbonyl (C=O) groups is 2. The molecule has 0 spiro atoms. The Morgan fingerprint density at radius 1 is 1.42 bits per heavy atom. The van der Waals surface area contributed by atoms with E-state index in [1.807, 2.05) is 6.92 Å². The molecular formula is C13H24N2O4. The van der Waals surface area contributed by atoms with Gasteiger partial charge in [-0.15, -0.1) is 0 Å². The van der Waals surface area contributed by atoms with E-state index in [1.165, 1.54) is 0 Å². The first-order valence-corrected chi connectivity index (χ1v) is 6.79. The molecule has 0 saturated heterocycles. The molecule has 1 fully saturated rings. The van der Waals surface area contributed by atoms with Crippen LogP contribution in [0.4, 0.5) is 4.79 Å². The molecule has 1 aliphatic rings. The highest BCUT2D eigenvalue weighted by Crippen LogP contribution is 2.35. The Kier molecular flexibility index (Phi) is 6.62. The first-order chi connectivity index (χ1) is 9.10. The first kappa shape index (κ1) is 15.8. The molecular weight excluding hydrogens is 248 g/mol. The molecule has 1 saturated carbocycles. The number of esters is 1. The van der Waals surface area contributed by atoms with Gasteiger partial charge in [0.15, 0.2) is 0 Å². The van der Waals surface area contributed by atoms with E-state index in [0.29, 0.717) is 25.7 Å². The van der Waals surface area contributed by atoms with Crippen LogP contribution in [0.25, 0.3) is 0 Å². The monoisotopic (exact) mass is 272 g/mol. The number of nitrogens with one attached hydrogen (secondary N) is 1. The molecule has 1 aliphatic carbocycles. The number of methoxy groups -OCH3 is 1. The van der Waals surface area contributed by atoms with Gasteiger partial charge in [0.2, 0.25) is 0 Å². The SMILES string of the molecule is CCOC(=O)CNC(=O)N(CCOC)C(C)C1CC1. The van der Waals surface area contributed by atoms with E-state index in [2.05, 4.69) is 5.32 Å². The number of ether oxygens (including phenoxy) is 2. The van der Waals surface area contributed by atoms with Crippen molar-refractivity contribution in [2.75, 3.05) is 33.4 Å². The lowest BCUT2D eigenvalue weighted by molar-refractivity contribution is -0.141. The van der Waals surface area contributed by atoms with Crippen molar-refractivity contribution in [3.8, 4) is 0 Å². The molecule has 1 unspecified atom stereocenters. The van der Waals surface area contributed by atoms with E-state index in [1.54, 1.807) is 18.9 Å².